The molecule has 0 atom stereocenters. The Kier molecular flexibility index (Phi) is 5.86. The topological polar surface area (TPSA) is 89.3 Å². The lowest BCUT2D eigenvalue weighted by Gasteiger charge is -2.13. The molecule has 2 rings (SSSR count). The number of hydrogen-bond donors (Lipinski definition) is 3. The zero-order valence-corrected chi connectivity index (χ0v) is 13.7. The van der Waals surface area contributed by atoms with Gasteiger partial charge in [0, 0.05) is 6.20 Å². The van der Waals surface area contributed by atoms with Crippen molar-refractivity contribution in [2.24, 2.45) is 0 Å². The van der Waals surface area contributed by atoms with Gasteiger partial charge in [0.1, 0.15) is 0 Å². The number of nitrogens with two attached hydrogens (primary N) is 1. The van der Waals surface area contributed by atoms with Gasteiger partial charge in [-0.1, -0.05) is 0 Å². The number of nitrogens with one attached hydrogen (secondary N) is 2. The number of ether oxygens (including phenoxy) is 1. The molecule has 0 unspecified atom stereocenters. The van der Waals surface area contributed by atoms with Crippen molar-refractivity contribution in [3.8, 4) is 0 Å². The molecule has 0 aliphatic carbocycles. The van der Waals surface area contributed by atoms with E-state index in [4.69, 9.17) is 5.73 Å². The van der Waals surface area contributed by atoms with Crippen molar-refractivity contribution < 1.29 is 27.1 Å². The number of benzene rings is 1. The molecule has 2 aromatic rings. The zero-order chi connectivity index (χ0) is 19.3. The molecule has 1 aromatic carbocycles. The van der Waals surface area contributed by atoms with E-state index in [2.05, 4.69) is 20.4 Å². The van der Waals surface area contributed by atoms with Crippen LogP contribution in [0.25, 0.3) is 0 Å². The maximum atomic E-state index is 14.3. The lowest BCUT2D eigenvalue weighted by Crippen LogP contribution is -2.15. The van der Waals surface area contributed by atoms with E-state index in [-0.39, 0.29) is 35.9 Å². The number of pyridine rings is 1. The summed E-state index contributed by atoms with van der Waals surface area (Å²) in [6.07, 6.45) is -4.54. The van der Waals surface area contributed by atoms with Crippen LogP contribution in [0.2, 0.25) is 0 Å². The number of carbonyl (C=O) groups is 1. The first kappa shape index (κ1) is 19.3. The summed E-state index contributed by atoms with van der Waals surface area (Å²) in [7, 11) is 0. The average Bonchev–Trinajstić information content (AvgIpc) is 2.58. The Hall–Kier alpha value is -3.04. The number of alkyl halides is 3. The monoisotopic (exact) mass is 372 g/mol. The van der Waals surface area contributed by atoms with Gasteiger partial charge in [-0.15, -0.1) is 0 Å². The van der Waals surface area contributed by atoms with Gasteiger partial charge in [0.2, 0.25) is 0 Å². The molecule has 4 N–H and O–H groups in total. The van der Waals surface area contributed by atoms with Gasteiger partial charge in [-0.05, 0) is 31.2 Å². The number of rotatable bonds is 5. The summed E-state index contributed by atoms with van der Waals surface area (Å²) in [5.41, 5.74) is 4.80. The summed E-state index contributed by atoms with van der Waals surface area (Å²) in [5, 5.41) is 4.99. The molecule has 1 heterocycles. The Morgan fingerprint density at radius 1 is 1.23 bits per heavy atom. The number of amides is 1. The summed E-state index contributed by atoms with van der Waals surface area (Å²) in [4.78, 5) is 15.0. The first-order valence-corrected chi connectivity index (χ1v) is 7.50. The van der Waals surface area contributed by atoms with E-state index < -0.39 is 23.7 Å². The molecule has 1 aromatic heterocycles. The minimum Gasteiger partial charge on any atom is -0.450 e. The standard InChI is InChI=1S/C16H16F4N4O2/c1-2-26-15(25)24-12-6-5-11(13(17)14(12)21)23-8-10-4-3-9(7-22-10)16(18,19)20/h3-7,23H,2,8,21H2,1H3,(H,24,25). The number of aromatic nitrogens is 1. The van der Waals surface area contributed by atoms with Crippen LogP contribution in [0, 0.1) is 5.82 Å². The molecule has 10 heteroatoms. The fraction of sp³-hybridized carbons (Fsp3) is 0.250. The van der Waals surface area contributed by atoms with Crippen molar-refractivity contribution >= 4 is 23.2 Å². The number of nitrogens with zero attached hydrogens (tertiary/aromatic N) is 1. The van der Waals surface area contributed by atoms with Crippen molar-refractivity contribution in [1.29, 1.82) is 0 Å². The lowest BCUT2D eigenvalue weighted by molar-refractivity contribution is -0.137. The third-order valence-corrected chi connectivity index (χ3v) is 3.30. The molecule has 140 valence electrons. The van der Waals surface area contributed by atoms with Crippen LogP contribution >= 0.6 is 0 Å². The van der Waals surface area contributed by atoms with Crippen LogP contribution in [0.5, 0.6) is 0 Å². The van der Waals surface area contributed by atoms with E-state index >= 15 is 0 Å². The Labute approximate surface area is 146 Å². The SMILES string of the molecule is CCOC(=O)Nc1ccc(NCc2ccc(C(F)(F)F)cn2)c(F)c1N. The quantitative estimate of drug-likeness (QED) is 0.545. The first-order chi connectivity index (χ1) is 12.2. The molecule has 0 radical (unpaired) electrons. The average molecular weight is 372 g/mol. The second kappa shape index (κ2) is 7.89. The van der Waals surface area contributed by atoms with Crippen molar-refractivity contribution in [1.82, 2.24) is 4.98 Å². The minimum absolute atomic E-state index is 0.0126. The van der Waals surface area contributed by atoms with Crippen molar-refractivity contribution in [3.05, 3.63) is 47.5 Å². The van der Waals surface area contributed by atoms with Crippen molar-refractivity contribution in [2.75, 3.05) is 23.0 Å². The van der Waals surface area contributed by atoms with Gasteiger partial charge in [-0.2, -0.15) is 13.2 Å². The van der Waals surface area contributed by atoms with Gasteiger partial charge in [-0.3, -0.25) is 10.3 Å². The molecule has 0 aliphatic heterocycles. The van der Waals surface area contributed by atoms with Gasteiger partial charge in [-0.25, -0.2) is 9.18 Å². The first-order valence-electron chi connectivity index (χ1n) is 7.50. The molecule has 1 amide bonds. The van der Waals surface area contributed by atoms with Crippen molar-refractivity contribution in [3.63, 3.8) is 0 Å². The van der Waals surface area contributed by atoms with Crippen LogP contribution in [0.1, 0.15) is 18.2 Å². The summed E-state index contributed by atoms with van der Waals surface area (Å²) in [5.74, 6) is -0.814. The fourth-order valence-electron chi connectivity index (χ4n) is 2.00. The molecule has 0 fully saturated rings. The number of nitrogen functional groups attached to an aromatic ring is 1. The number of halogens is 4. The number of hydrogen-bond acceptors (Lipinski definition) is 5. The Morgan fingerprint density at radius 2 is 1.92 bits per heavy atom. The van der Waals surface area contributed by atoms with E-state index in [1.54, 1.807) is 6.92 Å². The smallest absolute Gasteiger partial charge is 0.417 e. The summed E-state index contributed by atoms with van der Waals surface area (Å²) in [6.45, 7) is 1.75. The minimum atomic E-state index is -4.47. The van der Waals surface area contributed by atoms with Crippen LogP contribution in [-0.2, 0) is 17.5 Å². The van der Waals surface area contributed by atoms with Crippen LogP contribution in [0.4, 0.5) is 39.4 Å². The van der Waals surface area contributed by atoms with Gasteiger partial charge in [0.25, 0.3) is 0 Å². The number of anilines is 3. The highest BCUT2D eigenvalue weighted by atomic mass is 19.4. The second-order valence-corrected chi connectivity index (χ2v) is 5.12. The third-order valence-electron chi connectivity index (χ3n) is 3.30. The van der Waals surface area contributed by atoms with E-state index in [0.717, 1.165) is 6.07 Å². The lowest BCUT2D eigenvalue weighted by atomic mass is 10.2. The van der Waals surface area contributed by atoms with E-state index in [9.17, 15) is 22.4 Å². The molecule has 0 saturated carbocycles. The van der Waals surface area contributed by atoms with Gasteiger partial charge < -0.3 is 15.8 Å². The molecule has 6 nitrogen and oxygen atoms in total. The Bertz CT molecular complexity index is 779. The highest BCUT2D eigenvalue weighted by molar-refractivity contribution is 5.90. The largest absolute Gasteiger partial charge is 0.450 e. The molecule has 26 heavy (non-hydrogen) atoms. The van der Waals surface area contributed by atoms with Crippen LogP contribution in [0.3, 0.4) is 0 Å². The van der Waals surface area contributed by atoms with Gasteiger partial charge in [0.15, 0.2) is 5.82 Å². The van der Waals surface area contributed by atoms with Crippen LogP contribution in [-0.4, -0.2) is 17.7 Å². The maximum Gasteiger partial charge on any atom is 0.417 e. The molecular formula is C16H16F4N4O2. The normalized spacial score (nSPS) is 11.1. The summed E-state index contributed by atoms with van der Waals surface area (Å²) < 4.78 is 56.4. The Balaban J connectivity index is 2.06. The molecule has 0 saturated heterocycles. The molecule has 0 aliphatic rings. The zero-order valence-electron chi connectivity index (χ0n) is 13.7. The highest BCUT2D eigenvalue weighted by Crippen LogP contribution is 2.30. The number of carbonyl (C=O) groups excluding carboxylic acids is 1. The van der Waals surface area contributed by atoms with Crippen LogP contribution < -0.4 is 16.4 Å². The van der Waals surface area contributed by atoms with Gasteiger partial charge in [0.05, 0.1) is 41.5 Å². The summed E-state index contributed by atoms with van der Waals surface area (Å²) >= 11 is 0. The van der Waals surface area contributed by atoms with E-state index in [1.165, 1.54) is 18.2 Å². The molecule has 0 spiro atoms. The second-order valence-electron chi connectivity index (χ2n) is 5.12. The fourth-order valence-corrected chi connectivity index (χ4v) is 2.00. The van der Waals surface area contributed by atoms with Crippen LogP contribution in [0.15, 0.2) is 30.5 Å². The van der Waals surface area contributed by atoms with Gasteiger partial charge >= 0.3 is 12.3 Å². The molecule has 0 bridgehead atoms. The maximum absolute atomic E-state index is 14.3. The Morgan fingerprint density at radius 3 is 2.50 bits per heavy atom. The summed E-state index contributed by atoms with van der Waals surface area (Å²) in [6, 6.07) is 4.78. The molecular weight excluding hydrogens is 356 g/mol. The third kappa shape index (κ3) is 4.74. The van der Waals surface area contributed by atoms with Crippen molar-refractivity contribution in [2.45, 2.75) is 19.6 Å². The predicted molar refractivity (Wildman–Crippen MR) is 88.0 cm³/mol. The van der Waals surface area contributed by atoms with E-state index in [0.29, 0.717) is 6.20 Å². The highest BCUT2D eigenvalue weighted by Gasteiger charge is 2.30. The van der Waals surface area contributed by atoms with E-state index in [1.807, 2.05) is 0 Å². The predicted octanol–water partition coefficient (Wildman–Crippen LogP) is 4.00.